The third-order valence-corrected chi connectivity index (χ3v) is 4.71. The highest BCUT2D eigenvalue weighted by Gasteiger charge is 2.29. The van der Waals surface area contributed by atoms with Crippen molar-refractivity contribution in [2.24, 2.45) is 7.05 Å². The summed E-state index contributed by atoms with van der Waals surface area (Å²) >= 11 is 6.02. The Balaban J connectivity index is 1.69. The van der Waals surface area contributed by atoms with Gasteiger partial charge in [-0.25, -0.2) is 0 Å². The molecule has 1 N–H and O–H groups in total. The minimum Gasteiger partial charge on any atom is -0.495 e. The lowest BCUT2D eigenvalue weighted by molar-refractivity contribution is -0.117. The number of aryl methyl sites for hydroxylation is 1. The molecule has 0 spiro atoms. The third kappa shape index (κ3) is 3.57. The van der Waals surface area contributed by atoms with Crippen molar-refractivity contribution in [3.05, 3.63) is 47.2 Å². The number of methoxy groups -OCH3 is 1. The van der Waals surface area contributed by atoms with E-state index in [4.69, 9.17) is 16.3 Å². The lowest BCUT2D eigenvalue weighted by Gasteiger charge is -2.24. The molecule has 1 fully saturated rings. The Morgan fingerprint density at radius 3 is 2.96 bits per heavy atom. The van der Waals surface area contributed by atoms with E-state index in [0.29, 0.717) is 23.0 Å². The number of carbonyl (C=O) groups is 1. The highest BCUT2D eigenvalue weighted by Crippen LogP contribution is 2.32. The molecule has 1 atom stereocenters. The first-order valence-corrected chi connectivity index (χ1v) is 8.45. The molecule has 6 heteroatoms. The van der Waals surface area contributed by atoms with Crippen LogP contribution < -0.4 is 10.1 Å². The molecule has 3 rings (SSSR count). The minimum absolute atomic E-state index is 0.0586. The SMILES string of the molecule is COc1ccc(Cl)cc1NC(=O)CN1CCC[C@H]1c1cccn1C. The number of nitrogens with one attached hydrogen (secondary N) is 1. The molecule has 128 valence electrons. The lowest BCUT2D eigenvalue weighted by atomic mass is 10.1. The predicted molar refractivity (Wildman–Crippen MR) is 95.6 cm³/mol. The van der Waals surface area contributed by atoms with Crippen LogP contribution in [0.1, 0.15) is 24.6 Å². The fraction of sp³-hybridized carbons (Fsp3) is 0.389. The monoisotopic (exact) mass is 347 g/mol. The van der Waals surface area contributed by atoms with Gasteiger partial charge in [0.1, 0.15) is 5.75 Å². The zero-order valence-electron chi connectivity index (χ0n) is 14.0. The van der Waals surface area contributed by atoms with Crippen LogP contribution in [0.4, 0.5) is 5.69 Å². The van der Waals surface area contributed by atoms with Crippen molar-refractivity contribution < 1.29 is 9.53 Å². The summed E-state index contributed by atoms with van der Waals surface area (Å²) in [6, 6.07) is 9.65. The second-order valence-electron chi connectivity index (χ2n) is 6.07. The second-order valence-corrected chi connectivity index (χ2v) is 6.50. The Morgan fingerprint density at radius 2 is 2.25 bits per heavy atom. The summed E-state index contributed by atoms with van der Waals surface area (Å²) in [5.41, 5.74) is 1.85. The van der Waals surface area contributed by atoms with E-state index in [1.165, 1.54) is 5.69 Å². The number of halogens is 1. The van der Waals surface area contributed by atoms with Gasteiger partial charge in [-0.15, -0.1) is 0 Å². The largest absolute Gasteiger partial charge is 0.495 e. The maximum absolute atomic E-state index is 12.5. The summed E-state index contributed by atoms with van der Waals surface area (Å²) in [6.45, 7) is 1.28. The van der Waals surface area contributed by atoms with Gasteiger partial charge in [0.05, 0.1) is 25.4 Å². The van der Waals surface area contributed by atoms with Crippen LogP contribution in [0.15, 0.2) is 36.5 Å². The maximum Gasteiger partial charge on any atom is 0.238 e. The Labute approximate surface area is 147 Å². The molecule has 0 aliphatic carbocycles. The van der Waals surface area contributed by atoms with E-state index in [1.54, 1.807) is 25.3 Å². The number of amides is 1. The van der Waals surface area contributed by atoms with E-state index in [-0.39, 0.29) is 11.9 Å². The zero-order valence-corrected chi connectivity index (χ0v) is 14.7. The predicted octanol–water partition coefficient (Wildman–Crippen LogP) is 3.46. The first-order valence-electron chi connectivity index (χ1n) is 8.07. The van der Waals surface area contributed by atoms with Gasteiger partial charge in [-0.05, 0) is 49.7 Å². The number of likely N-dealkylation sites (tertiary alicyclic amines) is 1. The molecule has 0 bridgehead atoms. The summed E-state index contributed by atoms with van der Waals surface area (Å²) < 4.78 is 7.40. The van der Waals surface area contributed by atoms with E-state index in [1.807, 2.05) is 19.3 Å². The molecular weight excluding hydrogens is 326 g/mol. The van der Waals surface area contributed by atoms with Crippen molar-refractivity contribution >= 4 is 23.2 Å². The molecule has 0 saturated carbocycles. The first-order chi connectivity index (χ1) is 11.6. The van der Waals surface area contributed by atoms with Crippen LogP contribution in [0.2, 0.25) is 5.02 Å². The fourth-order valence-electron chi connectivity index (χ4n) is 3.32. The highest BCUT2D eigenvalue weighted by molar-refractivity contribution is 6.31. The summed E-state index contributed by atoms with van der Waals surface area (Å²) in [5.74, 6) is 0.546. The van der Waals surface area contributed by atoms with Gasteiger partial charge in [0.2, 0.25) is 5.91 Å². The average Bonchev–Trinajstić information content (AvgIpc) is 3.16. The summed E-state index contributed by atoms with van der Waals surface area (Å²) in [7, 11) is 3.62. The normalized spacial score (nSPS) is 17.9. The Hall–Kier alpha value is -1.98. The molecule has 2 heterocycles. The number of anilines is 1. The second kappa shape index (κ2) is 7.28. The number of benzene rings is 1. The standard InChI is InChI=1S/C18H22ClN3O2/c1-21-9-3-5-15(21)16-6-4-10-22(16)12-18(23)20-14-11-13(19)7-8-17(14)24-2/h3,5,7-9,11,16H,4,6,10,12H2,1-2H3,(H,20,23)/t16-/m0/s1. The topological polar surface area (TPSA) is 46.5 Å². The van der Waals surface area contributed by atoms with Crippen molar-refractivity contribution in [2.45, 2.75) is 18.9 Å². The van der Waals surface area contributed by atoms with Crippen LogP contribution in [-0.2, 0) is 11.8 Å². The third-order valence-electron chi connectivity index (χ3n) is 4.47. The van der Waals surface area contributed by atoms with Gasteiger partial charge in [0.15, 0.2) is 0 Å². The van der Waals surface area contributed by atoms with E-state index < -0.39 is 0 Å². The lowest BCUT2D eigenvalue weighted by Crippen LogP contribution is -2.33. The number of rotatable bonds is 5. The van der Waals surface area contributed by atoms with E-state index >= 15 is 0 Å². The molecule has 1 aromatic carbocycles. The minimum atomic E-state index is -0.0586. The van der Waals surface area contributed by atoms with Crippen LogP contribution in [-0.4, -0.2) is 35.6 Å². The molecule has 1 aromatic heterocycles. The molecule has 2 aromatic rings. The van der Waals surface area contributed by atoms with Crippen molar-refractivity contribution in [3.8, 4) is 5.75 Å². The van der Waals surface area contributed by atoms with E-state index in [2.05, 4.69) is 20.9 Å². The van der Waals surface area contributed by atoms with Crippen LogP contribution in [0.3, 0.4) is 0 Å². The van der Waals surface area contributed by atoms with Crippen molar-refractivity contribution in [1.29, 1.82) is 0 Å². The first kappa shape index (κ1) is 16.9. The average molecular weight is 348 g/mol. The van der Waals surface area contributed by atoms with Crippen LogP contribution in [0.5, 0.6) is 5.75 Å². The summed E-state index contributed by atoms with van der Waals surface area (Å²) in [4.78, 5) is 14.7. The van der Waals surface area contributed by atoms with Crippen molar-refractivity contribution in [3.63, 3.8) is 0 Å². The quantitative estimate of drug-likeness (QED) is 0.901. The summed E-state index contributed by atoms with van der Waals surface area (Å²) in [6.07, 6.45) is 4.22. The van der Waals surface area contributed by atoms with Crippen LogP contribution in [0, 0.1) is 0 Å². The smallest absolute Gasteiger partial charge is 0.238 e. The van der Waals surface area contributed by atoms with Gasteiger partial charge in [-0.1, -0.05) is 11.6 Å². The van der Waals surface area contributed by atoms with Gasteiger partial charge in [-0.3, -0.25) is 9.69 Å². The van der Waals surface area contributed by atoms with Crippen LogP contribution in [0.25, 0.3) is 0 Å². The molecule has 24 heavy (non-hydrogen) atoms. The van der Waals surface area contributed by atoms with Crippen molar-refractivity contribution in [1.82, 2.24) is 9.47 Å². The van der Waals surface area contributed by atoms with Gasteiger partial charge >= 0.3 is 0 Å². The number of ether oxygens (including phenoxy) is 1. The van der Waals surface area contributed by atoms with Gasteiger partial charge in [0.25, 0.3) is 0 Å². The fourth-order valence-corrected chi connectivity index (χ4v) is 3.50. The maximum atomic E-state index is 12.5. The number of hydrogen-bond acceptors (Lipinski definition) is 3. The highest BCUT2D eigenvalue weighted by atomic mass is 35.5. The number of aromatic nitrogens is 1. The van der Waals surface area contributed by atoms with E-state index in [9.17, 15) is 4.79 Å². The van der Waals surface area contributed by atoms with Gasteiger partial charge in [0, 0.05) is 24.0 Å². The van der Waals surface area contributed by atoms with Crippen molar-refractivity contribution in [2.75, 3.05) is 25.5 Å². The molecule has 1 saturated heterocycles. The van der Waals surface area contributed by atoms with Gasteiger partial charge < -0.3 is 14.6 Å². The Bertz CT molecular complexity index is 729. The molecule has 1 aliphatic rings. The molecule has 0 unspecified atom stereocenters. The number of carbonyl (C=O) groups excluding carboxylic acids is 1. The van der Waals surface area contributed by atoms with Crippen LogP contribution >= 0.6 is 11.6 Å². The van der Waals surface area contributed by atoms with Gasteiger partial charge in [-0.2, -0.15) is 0 Å². The number of nitrogens with zero attached hydrogens (tertiary/aromatic N) is 2. The molecule has 0 radical (unpaired) electrons. The zero-order chi connectivity index (χ0) is 17.1. The number of hydrogen-bond donors (Lipinski definition) is 1. The van der Waals surface area contributed by atoms with E-state index in [0.717, 1.165) is 19.4 Å². The molecule has 1 amide bonds. The molecule has 5 nitrogen and oxygen atoms in total. The molecule has 1 aliphatic heterocycles. The Kier molecular flexibility index (Phi) is 5.11. The Morgan fingerprint density at radius 1 is 1.42 bits per heavy atom. The summed E-state index contributed by atoms with van der Waals surface area (Å²) in [5, 5.41) is 3.48. The molecular formula is C18H22ClN3O2.